The largest absolute Gasteiger partial charge is 0.352 e. The zero-order chi connectivity index (χ0) is 16.9. The number of carbonyl (C=O) groups is 2. The minimum Gasteiger partial charge on any atom is -0.352 e. The van der Waals surface area contributed by atoms with E-state index in [2.05, 4.69) is 5.32 Å². The molecule has 2 heterocycles. The van der Waals surface area contributed by atoms with Crippen molar-refractivity contribution in [3.63, 3.8) is 0 Å². The Kier molecular flexibility index (Phi) is 5.53. The van der Waals surface area contributed by atoms with Crippen molar-refractivity contribution in [1.29, 1.82) is 0 Å². The summed E-state index contributed by atoms with van der Waals surface area (Å²) in [5.41, 5.74) is 2.78. The van der Waals surface area contributed by atoms with E-state index in [9.17, 15) is 9.59 Å². The fourth-order valence-corrected chi connectivity index (χ4v) is 3.73. The van der Waals surface area contributed by atoms with E-state index < -0.39 is 0 Å². The number of aryl methyl sites for hydroxylation is 1. The molecule has 1 N–H and O–H groups in total. The van der Waals surface area contributed by atoms with E-state index in [0.717, 1.165) is 30.6 Å². The Hall–Kier alpha value is -1.85. The van der Waals surface area contributed by atoms with Gasteiger partial charge in [-0.2, -0.15) is 11.3 Å². The van der Waals surface area contributed by atoms with Gasteiger partial charge in [-0.3, -0.25) is 9.59 Å². The second-order valence-corrected chi connectivity index (χ2v) is 7.01. The molecule has 6 heteroatoms. The smallest absolute Gasteiger partial charge is 0.252 e. The van der Waals surface area contributed by atoms with Crippen LogP contribution in [0.3, 0.4) is 0 Å². The molecule has 3 rings (SSSR count). The molecule has 0 fully saturated rings. The molecule has 1 aliphatic rings. The first kappa shape index (κ1) is 17.0. The van der Waals surface area contributed by atoms with Gasteiger partial charge in [0.1, 0.15) is 0 Å². The summed E-state index contributed by atoms with van der Waals surface area (Å²) >= 11 is 7.53. The van der Waals surface area contributed by atoms with Gasteiger partial charge in [-0.25, -0.2) is 0 Å². The molecule has 1 aromatic carbocycles. The molecule has 0 aliphatic carbocycles. The molecule has 1 aromatic heterocycles. The Balaban J connectivity index is 1.50. The zero-order valence-electron chi connectivity index (χ0n) is 13.3. The predicted octanol–water partition coefficient (Wildman–Crippen LogP) is 3.89. The van der Waals surface area contributed by atoms with Crippen molar-refractivity contribution in [2.75, 3.05) is 18.0 Å². The summed E-state index contributed by atoms with van der Waals surface area (Å²) in [5, 5.41) is 7.25. The molecule has 0 spiro atoms. The molecular weight excluding hydrogens is 344 g/mol. The first-order valence-electron chi connectivity index (χ1n) is 8.04. The number of hydrogen-bond donors (Lipinski definition) is 1. The topological polar surface area (TPSA) is 49.4 Å². The maximum absolute atomic E-state index is 12.5. The van der Waals surface area contributed by atoms with Crippen LogP contribution in [0.15, 0.2) is 35.0 Å². The third-order valence-electron chi connectivity index (χ3n) is 4.10. The Morgan fingerprint density at radius 1 is 1.29 bits per heavy atom. The molecule has 0 atom stereocenters. The van der Waals surface area contributed by atoms with Crippen LogP contribution in [0.25, 0.3) is 0 Å². The molecular formula is C18H19ClN2O2S. The number of nitrogens with one attached hydrogen (secondary N) is 1. The normalized spacial score (nSPS) is 13.5. The average molecular weight is 363 g/mol. The molecule has 2 aromatic rings. The summed E-state index contributed by atoms with van der Waals surface area (Å²) in [4.78, 5) is 26.2. The molecule has 126 valence electrons. The van der Waals surface area contributed by atoms with Crippen LogP contribution in [0, 0.1) is 0 Å². The summed E-state index contributed by atoms with van der Waals surface area (Å²) in [7, 11) is 0. The van der Waals surface area contributed by atoms with Crippen LogP contribution in [0.2, 0.25) is 5.02 Å². The second-order valence-electron chi connectivity index (χ2n) is 5.79. The van der Waals surface area contributed by atoms with E-state index in [0.29, 0.717) is 30.0 Å². The van der Waals surface area contributed by atoms with E-state index in [-0.39, 0.29) is 11.8 Å². The van der Waals surface area contributed by atoms with Crippen molar-refractivity contribution < 1.29 is 9.59 Å². The SMILES string of the molecule is O=C(NCCCC(=O)N1CCCc2cc(Cl)ccc21)c1ccsc1. The van der Waals surface area contributed by atoms with Crippen molar-refractivity contribution in [3.8, 4) is 0 Å². The zero-order valence-corrected chi connectivity index (χ0v) is 14.8. The van der Waals surface area contributed by atoms with Crippen LogP contribution in [0.4, 0.5) is 5.69 Å². The minimum absolute atomic E-state index is 0.0818. The molecule has 1 aliphatic heterocycles. The minimum atomic E-state index is -0.0818. The van der Waals surface area contributed by atoms with Crippen molar-refractivity contribution >= 4 is 40.4 Å². The second kappa shape index (κ2) is 7.81. The molecule has 24 heavy (non-hydrogen) atoms. The van der Waals surface area contributed by atoms with Gasteiger partial charge in [0.05, 0.1) is 0 Å². The molecule has 0 saturated heterocycles. The Labute approximate surface area is 150 Å². The number of carbonyl (C=O) groups excluding carboxylic acids is 2. The number of benzene rings is 1. The third kappa shape index (κ3) is 3.97. The Bertz CT molecular complexity index is 731. The maximum Gasteiger partial charge on any atom is 0.252 e. The lowest BCUT2D eigenvalue weighted by atomic mass is 10.0. The molecule has 2 amide bonds. The van der Waals surface area contributed by atoms with Crippen LogP contribution < -0.4 is 10.2 Å². The highest BCUT2D eigenvalue weighted by Gasteiger charge is 2.22. The van der Waals surface area contributed by atoms with Gasteiger partial charge in [0.15, 0.2) is 0 Å². The summed E-state index contributed by atoms with van der Waals surface area (Å²) in [6.45, 7) is 1.25. The van der Waals surface area contributed by atoms with Gasteiger partial charge in [0.25, 0.3) is 5.91 Å². The summed E-state index contributed by atoms with van der Waals surface area (Å²) in [6, 6.07) is 7.48. The van der Waals surface area contributed by atoms with Gasteiger partial charge in [-0.05, 0) is 54.5 Å². The molecule has 0 unspecified atom stereocenters. The summed E-state index contributed by atoms with van der Waals surface area (Å²) in [5.74, 6) is 0.0183. The number of thiophene rings is 1. The number of anilines is 1. The lowest BCUT2D eigenvalue weighted by molar-refractivity contribution is -0.118. The van der Waals surface area contributed by atoms with Gasteiger partial charge in [0.2, 0.25) is 5.91 Å². The highest BCUT2D eigenvalue weighted by atomic mass is 35.5. The van der Waals surface area contributed by atoms with Crippen LogP contribution in [0.5, 0.6) is 0 Å². The van der Waals surface area contributed by atoms with Crippen molar-refractivity contribution in [1.82, 2.24) is 5.32 Å². The number of amides is 2. The fraction of sp³-hybridized carbons (Fsp3) is 0.333. The Morgan fingerprint density at radius 2 is 2.17 bits per heavy atom. The third-order valence-corrected chi connectivity index (χ3v) is 5.02. The lowest BCUT2D eigenvalue weighted by Crippen LogP contribution is -2.36. The number of halogens is 1. The number of nitrogens with zero attached hydrogens (tertiary/aromatic N) is 1. The Morgan fingerprint density at radius 3 is 2.96 bits per heavy atom. The van der Waals surface area contributed by atoms with Crippen molar-refractivity contribution in [3.05, 3.63) is 51.2 Å². The van der Waals surface area contributed by atoms with Crippen LogP contribution in [0.1, 0.15) is 35.2 Å². The van der Waals surface area contributed by atoms with E-state index in [1.807, 2.05) is 33.9 Å². The van der Waals surface area contributed by atoms with Crippen LogP contribution in [-0.2, 0) is 11.2 Å². The summed E-state index contributed by atoms with van der Waals surface area (Å²) in [6.07, 6.45) is 2.96. The van der Waals surface area contributed by atoms with E-state index >= 15 is 0 Å². The highest BCUT2D eigenvalue weighted by Crippen LogP contribution is 2.30. The van der Waals surface area contributed by atoms with Crippen LogP contribution in [-0.4, -0.2) is 24.9 Å². The number of hydrogen-bond acceptors (Lipinski definition) is 3. The standard InChI is InChI=1S/C18H19ClN2O2S/c19-15-5-6-16-13(11-15)3-2-9-21(16)17(22)4-1-8-20-18(23)14-7-10-24-12-14/h5-7,10-12H,1-4,8-9H2,(H,20,23). The summed E-state index contributed by atoms with van der Waals surface area (Å²) < 4.78 is 0. The van der Waals surface area contributed by atoms with Gasteiger partial charge >= 0.3 is 0 Å². The van der Waals surface area contributed by atoms with Gasteiger partial charge in [0, 0.05) is 41.2 Å². The number of rotatable bonds is 5. The molecule has 0 radical (unpaired) electrons. The van der Waals surface area contributed by atoms with Crippen molar-refractivity contribution in [2.45, 2.75) is 25.7 Å². The fourth-order valence-electron chi connectivity index (χ4n) is 2.90. The highest BCUT2D eigenvalue weighted by molar-refractivity contribution is 7.08. The quantitative estimate of drug-likeness (QED) is 0.820. The number of fused-ring (bicyclic) bond motifs is 1. The maximum atomic E-state index is 12.5. The van der Waals surface area contributed by atoms with E-state index in [1.54, 1.807) is 6.07 Å². The molecule has 0 bridgehead atoms. The van der Waals surface area contributed by atoms with E-state index in [4.69, 9.17) is 11.6 Å². The van der Waals surface area contributed by atoms with Gasteiger partial charge < -0.3 is 10.2 Å². The average Bonchev–Trinajstić information content (AvgIpc) is 3.12. The monoisotopic (exact) mass is 362 g/mol. The van der Waals surface area contributed by atoms with E-state index in [1.165, 1.54) is 11.3 Å². The van der Waals surface area contributed by atoms with Crippen LogP contribution >= 0.6 is 22.9 Å². The predicted molar refractivity (Wildman–Crippen MR) is 98.0 cm³/mol. The van der Waals surface area contributed by atoms with Gasteiger partial charge in [-0.1, -0.05) is 11.6 Å². The molecule has 4 nitrogen and oxygen atoms in total. The lowest BCUT2D eigenvalue weighted by Gasteiger charge is -2.29. The van der Waals surface area contributed by atoms with Crippen molar-refractivity contribution in [2.24, 2.45) is 0 Å². The molecule has 0 saturated carbocycles. The first-order valence-corrected chi connectivity index (χ1v) is 9.36. The van der Waals surface area contributed by atoms with Gasteiger partial charge in [-0.15, -0.1) is 0 Å². The first-order chi connectivity index (χ1) is 11.6.